The van der Waals surface area contributed by atoms with E-state index in [1.165, 1.54) is 4.90 Å². The summed E-state index contributed by atoms with van der Waals surface area (Å²) >= 11 is 12.3. The third-order valence-electron chi connectivity index (χ3n) is 4.86. The van der Waals surface area contributed by atoms with E-state index >= 15 is 0 Å². The van der Waals surface area contributed by atoms with E-state index in [4.69, 9.17) is 23.2 Å². The van der Waals surface area contributed by atoms with Crippen LogP contribution in [0.3, 0.4) is 0 Å². The molecule has 3 aromatic rings. The van der Waals surface area contributed by atoms with Crippen molar-refractivity contribution in [2.45, 2.75) is 6.17 Å². The van der Waals surface area contributed by atoms with Crippen molar-refractivity contribution in [1.29, 1.82) is 0 Å². The van der Waals surface area contributed by atoms with Crippen LogP contribution in [-0.4, -0.2) is 30.9 Å². The lowest BCUT2D eigenvalue weighted by Crippen LogP contribution is -2.47. The summed E-state index contributed by atoms with van der Waals surface area (Å²) in [6.07, 6.45) is -1.14. The number of benzene rings is 3. The standard InChI is InChI=1S/C23H18Cl2N4O2/c1-29-18-13-6-5-10-15(18)19(14-8-3-2-4-9-14)26-21(22(29)30)28-23(31)27-20-16(24)11-7-12-17(20)25/h2-13,21H,1H3,(H2,27,28,31)/t21-/m0/s1. The minimum absolute atomic E-state index is 0.258. The Morgan fingerprint density at radius 3 is 2.29 bits per heavy atom. The van der Waals surface area contributed by atoms with Gasteiger partial charge in [-0.3, -0.25) is 4.79 Å². The zero-order valence-electron chi connectivity index (χ0n) is 16.5. The van der Waals surface area contributed by atoms with E-state index in [-0.39, 0.29) is 21.6 Å². The fourth-order valence-corrected chi connectivity index (χ4v) is 3.83. The van der Waals surface area contributed by atoms with Gasteiger partial charge < -0.3 is 15.5 Å². The normalized spacial score (nSPS) is 15.6. The Labute approximate surface area is 189 Å². The highest BCUT2D eigenvalue weighted by Gasteiger charge is 2.31. The van der Waals surface area contributed by atoms with Gasteiger partial charge in [0.05, 0.1) is 27.1 Å². The number of carbonyl (C=O) groups is 2. The molecule has 0 fully saturated rings. The maximum atomic E-state index is 13.1. The van der Waals surface area contributed by atoms with Crippen LogP contribution < -0.4 is 15.5 Å². The molecule has 0 unspecified atom stereocenters. The molecular formula is C23H18Cl2N4O2. The number of hydrogen-bond donors (Lipinski definition) is 2. The van der Waals surface area contributed by atoms with Gasteiger partial charge in [0.1, 0.15) is 0 Å². The van der Waals surface area contributed by atoms with Gasteiger partial charge in [0.2, 0.25) is 6.17 Å². The number of anilines is 2. The maximum Gasteiger partial charge on any atom is 0.321 e. The van der Waals surface area contributed by atoms with Gasteiger partial charge in [-0.05, 0) is 18.2 Å². The summed E-state index contributed by atoms with van der Waals surface area (Å²) in [5.74, 6) is -0.376. The molecule has 1 aliphatic rings. The van der Waals surface area contributed by atoms with Gasteiger partial charge in [-0.25, -0.2) is 9.79 Å². The van der Waals surface area contributed by atoms with E-state index in [0.717, 1.165) is 11.1 Å². The topological polar surface area (TPSA) is 73.8 Å². The smallest absolute Gasteiger partial charge is 0.311 e. The lowest BCUT2D eigenvalue weighted by molar-refractivity contribution is -0.119. The molecule has 31 heavy (non-hydrogen) atoms. The molecule has 3 aromatic carbocycles. The largest absolute Gasteiger partial charge is 0.321 e. The minimum atomic E-state index is -1.14. The summed E-state index contributed by atoms with van der Waals surface area (Å²) in [7, 11) is 1.65. The highest BCUT2D eigenvalue weighted by Crippen LogP contribution is 2.30. The molecule has 1 aliphatic heterocycles. The van der Waals surface area contributed by atoms with Crippen LogP contribution in [0.4, 0.5) is 16.2 Å². The lowest BCUT2D eigenvalue weighted by atomic mass is 10.0. The average Bonchev–Trinajstić information content (AvgIpc) is 2.88. The van der Waals surface area contributed by atoms with E-state index < -0.39 is 12.2 Å². The number of rotatable bonds is 3. The van der Waals surface area contributed by atoms with Crippen LogP contribution in [0.5, 0.6) is 0 Å². The van der Waals surface area contributed by atoms with Crippen molar-refractivity contribution in [3.05, 3.63) is 94.0 Å². The molecule has 3 amide bonds. The summed E-state index contributed by atoms with van der Waals surface area (Å²) < 4.78 is 0. The molecule has 1 heterocycles. The number of fused-ring (bicyclic) bond motifs is 1. The zero-order valence-corrected chi connectivity index (χ0v) is 18.0. The maximum absolute atomic E-state index is 13.1. The number of aliphatic imine (C=N–C) groups is 1. The summed E-state index contributed by atoms with van der Waals surface area (Å²) in [5.41, 5.74) is 3.19. The minimum Gasteiger partial charge on any atom is -0.311 e. The van der Waals surface area contributed by atoms with Crippen molar-refractivity contribution in [1.82, 2.24) is 5.32 Å². The first-order valence-corrected chi connectivity index (χ1v) is 10.2. The predicted molar refractivity (Wildman–Crippen MR) is 124 cm³/mol. The summed E-state index contributed by atoms with van der Waals surface area (Å²) in [5, 5.41) is 5.80. The Morgan fingerprint density at radius 1 is 0.935 bits per heavy atom. The summed E-state index contributed by atoms with van der Waals surface area (Å²) in [6.45, 7) is 0. The lowest BCUT2D eigenvalue weighted by Gasteiger charge is -2.21. The third-order valence-corrected chi connectivity index (χ3v) is 5.49. The molecule has 0 saturated heterocycles. The first kappa shape index (κ1) is 20.9. The van der Waals surface area contributed by atoms with Crippen molar-refractivity contribution < 1.29 is 9.59 Å². The van der Waals surface area contributed by atoms with E-state index in [2.05, 4.69) is 15.6 Å². The SMILES string of the molecule is CN1C(=O)[C@H](NC(=O)Nc2c(Cl)cccc2Cl)N=C(c2ccccc2)c2ccccc21. The Morgan fingerprint density at radius 2 is 1.58 bits per heavy atom. The number of nitrogens with zero attached hydrogens (tertiary/aromatic N) is 2. The third kappa shape index (κ3) is 4.26. The number of carbonyl (C=O) groups excluding carboxylic acids is 2. The Balaban J connectivity index is 1.70. The summed E-state index contributed by atoms with van der Waals surface area (Å²) in [6, 6.07) is 21.2. The van der Waals surface area contributed by atoms with Gasteiger partial charge in [0.15, 0.2) is 0 Å². The highest BCUT2D eigenvalue weighted by atomic mass is 35.5. The first-order chi connectivity index (χ1) is 15.0. The van der Waals surface area contributed by atoms with Gasteiger partial charge in [-0.1, -0.05) is 77.8 Å². The van der Waals surface area contributed by atoms with Crippen LogP contribution in [0.2, 0.25) is 10.0 Å². The van der Waals surface area contributed by atoms with Gasteiger partial charge in [-0.15, -0.1) is 0 Å². The fraction of sp³-hybridized carbons (Fsp3) is 0.0870. The molecule has 0 spiro atoms. The van der Waals surface area contributed by atoms with E-state index in [1.807, 2.05) is 54.6 Å². The molecule has 0 bridgehead atoms. The molecule has 1 atom stereocenters. The Bertz CT molecular complexity index is 1160. The van der Waals surface area contributed by atoms with E-state index in [9.17, 15) is 9.59 Å². The van der Waals surface area contributed by atoms with Crippen LogP contribution in [0.25, 0.3) is 0 Å². The van der Waals surface area contributed by atoms with Crippen molar-refractivity contribution in [3.63, 3.8) is 0 Å². The van der Waals surface area contributed by atoms with E-state index in [0.29, 0.717) is 11.4 Å². The van der Waals surface area contributed by atoms with Crippen molar-refractivity contribution in [2.24, 2.45) is 4.99 Å². The summed E-state index contributed by atoms with van der Waals surface area (Å²) in [4.78, 5) is 31.9. The first-order valence-electron chi connectivity index (χ1n) is 9.47. The second-order valence-corrected chi connectivity index (χ2v) is 7.67. The van der Waals surface area contributed by atoms with Crippen LogP contribution in [-0.2, 0) is 4.79 Å². The molecular weight excluding hydrogens is 435 g/mol. The quantitative estimate of drug-likeness (QED) is 0.589. The van der Waals surface area contributed by atoms with Gasteiger partial charge in [0.25, 0.3) is 5.91 Å². The van der Waals surface area contributed by atoms with Gasteiger partial charge in [-0.2, -0.15) is 0 Å². The zero-order chi connectivity index (χ0) is 22.0. The van der Waals surface area contributed by atoms with Crippen LogP contribution >= 0.6 is 23.2 Å². The molecule has 2 N–H and O–H groups in total. The number of benzodiazepines with no additional fused rings is 1. The van der Waals surface area contributed by atoms with Crippen LogP contribution in [0.15, 0.2) is 77.8 Å². The number of likely N-dealkylation sites (N-methyl/N-ethyl adjacent to an activating group) is 1. The van der Waals surface area contributed by atoms with Gasteiger partial charge in [0, 0.05) is 18.2 Å². The van der Waals surface area contributed by atoms with Crippen molar-refractivity contribution >= 4 is 52.2 Å². The number of hydrogen-bond acceptors (Lipinski definition) is 3. The molecule has 4 rings (SSSR count). The molecule has 0 radical (unpaired) electrons. The second-order valence-electron chi connectivity index (χ2n) is 6.86. The Kier molecular flexibility index (Phi) is 5.93. The van der Waals surface area contributed by atoms with Crippen LogP contribution in [0.1, 0.15) is 11.1 Å². The molecule has 156 valence electrons. The van der Waals surface area contributed by atoms with Crippen molar-refractivity contribution in [3.8, 4) is 0 Å². The molecule has 0 saturated carbocycles. The van der Waals surface area contributed by atoms with Gasteiger partial charge >= 0.3 is 6.03 Å². The average molecular weight is 453 g/mol. The molecule has 6 nitrogen and oxygen atoms in total. The number of halogens is 2. The predicted octanol–water partition coefficient (Wildman–Crippen LogP) is 4.96. The van der Waals surface area contributed by atoms with E-state index in [1.54, 1.807) is 25.2 Å². The molecule has 0 aromatic heterocycles. The molecule has 8 heteroatoms. The second kappa shape index (κ2) is 8.79. The number of amides is 3. The van der Waals surface area contributed by atoms with Crippen LogP contribution in [0, 0.1) is 0 Å². The monoisotopic (exact) mass is 452 g/mol. The number of nitrogens with one attached hydrogen (secondary N) is 2. The fourth-order valence-electron chi connectivity index (χ4n) is 3.33. The highest BCUT2D eigenvalue weighted by molar-refractivity contribution is 6.39. The van der Waals surface area contributed by atoms with Crippen molar-refractivity contribution in [2.75, 3.05) is 17.3 Å². The number of urea groups is 1. The molecule has 0 aliphatic carbocycles. The Hall–Kier alpha value is -3.35. The number of para-hydroxylation sites is 2.